The third-order valence-corrected chi connectivity index (χ3v) is 7.87. The molecule has 1 aliphatic carbocycles. The summed E-state index contributed by atoms with van der Waals surface area (Å²) < 4.78 is 66.6. The van der Waals surface area contributed by atoms with Gasteiger partial charge in [0.1, 0.15) is 11.7 Å². The Morgan fingerprint density at radius 2 is 1.89 bits per heavy atom. The van der Waals surface area contributed by atoms with Gasteiger partial charge in [-0.3, -0.25) is 4.72 Å². The molecule has 0 saturated heterocycles. The number of nitrogens with zero attached hydrogens (tertiary/aromatic N) is 4. The molecule has 3 N–H and O–H groups in total. The van der Waals surface area contributed by atoms with E-state index in [1.165, 1.54) is 12.4 Å². The van der Waals surface area contributed by atoms with Crippen molar-refractivity contribution in [1.29, 1.82) is 5.26 Å². The lowest BCUT2D eigenvalue weighted by Crippen LogP contribution is -2.17. The summed E-state index contributed by atoms with van der Waals surface area (Å²) in [5.74, 6) is 0.161. The number of H-pyrrole nitrogens is 1. The minimum Gasteiger partial charge on any atom is -0.348 e. The van der Waals surface area contributed by atoms with E-state index in [2.05, 4.69) is 30.0 Å². The lowest BCUT2D eigenvalue weighted by Gasteiger charge is -2.16. The number of fused-ring (bicyclic) bond motifs is 1. The van der Waals surface area contributed by atoms with Crippen molar-refractivity contribution in [3.05, 3.63) is 65.6 Å². The van der Waals surface area contributed by atoms with Crippen LogP contribution in [0.1, 0.15) is 42.5 Å². The van der Waals surface area contributed by atoms with Crippen LogP contribution in [0.25, 0.3) is 22.3 Å². The topological polar surface area (TPSA) is 136 Å². The van der Waals surface area contributed by atoms with Crippen LogP contribution in [0.3, 0.4) is 0 Å². The molecule has 13 heteroatoms. The molecule has 0 spiro atoms. The van der Waals surface area contributed by atoms with E-state index in [-0.39, 0.29) is 45.1 Å². The molecule has 37 heavy (non-hydrogen) atoms. The van der Waals surface area contributed by atoms with Crippen LogP contribution in [0.4, 0.5) is 24.8 Å². The zero-order chi connectivity index (χ0) is 26.4. The molecule has 3 heterocycles. The first kappa shape index (κ1) is 24.5. The molecular formula is C24H20F3N7O2S. The van der Waals surface area contributed by atoms with Crippen LogP contribution in [-0.4, -0.2) is 33.6 Å². The fourth-order valence-corrected chi connectivity index (χ4v) is 5.22. The lowest BCUT2D eigenvalue weighted by molar-refractivity contribution is -0.137. The molecule has 4 aromatic rings. The van der Waals surface area contributed by atoms with Crippen LogP contribution < -0.4 is 10.0 Å². The van der Waals surface area contributed by atoms with Gasteiger partial charge in [-0.1, -0.05) is 12.1 Å². The van der Waals surface area contributed by atoms with Gasteiger partial charge in [-0.25, -0.2) is 23.4 Å². The summed E-state index contributed by atoms with van der Waals surface area (Å²) in [5, 5.41) is 12.5. The Balaban J connectivity index is 1.40. The zero-order valence-corrected chi connectivity index (χ0v) is 20.2. The van der Waals surface area contributed by atoms with Crippen molar-refractivity contribution in [3.8, 4) is 17.3 Å². The Hall–Kier alpha value is -4.18. The predicted octanol–water partition coefficient (Wildman–Crippen LogP) is 4.99. The SMILES string of the molecule is C[C@@H](Nc1ncc(C#N)c(-c2c[nH]c3ncc(C(F)(F)F)cc23)n1)c1ccc(NS(=O)(=O)C2CC2)cc1. The summed E-state index contributed by atoms with van der Waals surface area (Å²) in [4.78, 5) is 15.3. The van der Waals surface area contributed by atoms with E-state index in [0.717, 1.165) is 17.8 Å². The Labute approximate surface area is 209 Å². The molecule has 5 rings (SSSR count). The first-order valence-corrected chi connectivity index (χ1v) is 12.8. The van der Waals surface area contributed by atoms with E-state index in [0.29, 0.717) is 18.5 Å². The van der Waals surface area contributed by atoms with Gasteiger partial charge < -0.3 is 10.3 Å². The average molecular weight is 528 g/mol. The summed E-state index contributed by atoms with van der Waals surface area (Å²) >= 11 is 0. The third kappa shape index (κ3) is 5.05. The molecule has 1 saturated carbocycles. The Bertz CT molecular complexity index is 1620. The van der Waals surface area contributed by atoms with Crippen LogP contribution in [0.2, 0.25) is 0 Å². The first-order chi connectivity index (χ1) is 17.5. The summed E-state index contributed by atoms with van der Waals surface area (Å²) in [7, 11) is -3.36. The van der Waals surface area contributed by atoms with Crippen molar-refractivity contribution < 1.29 is 21.6 Å². The molecule has 190 valence electrons. The molecule has 9 nitrogen and oxygen atoms in total. The number of sulfonamides is 1. The predicted molar refractivity (Wildman–Crippen MR) is 131 cm³/mol. The number of nitriles is 1. The molecule has 1 aliphatic rings. The average Bonchev–Trinajstić information content (AvgIpc) is 3.64. The lowest BCUT2D eigenvalue weighted by atomic mass is 10.1. The van der Waals surface area contributed by atoms with E-state index >= 15 is 0 Å². The summed E-state index contributed by atoms with van der Waals surface area (Å²) in [5.41, 5.74) is 1.12. The van der Waals surface area contributed by atoms with Crippen LogP contribution in [0, 0.1) is 11.3 Å². The van der Waals surface area contributed by atoms with Gasteiger partial charge in [-0.05, 0) is 43.5 Å². The molecule has 0 radical (unpaired) electrons. The molecule has 0 unspecified atom stereocenters. The number of alkyl halides is 3. The van der Waals surface area contributed by atoms with E-state index in [1.54, 1.807) is 24.3 Å². The van der Waals surface area contributed by atoms with Gasteiger partial charge in [0.05, 0.1) is 34.3 Å². The van der Waals surface area contributed by atoms with Gasteiger partial charge in [0.2, 0.25) is 16.0 Å². The highest BCUT2D eigenvalue weighted by Gasteiger charge is 2.35. The number of aromatic nitrogens is 4. The number of halogens is 3. The van der Waals surface area contributed by atoms with Crippen molar-refractivity contribution in [2.24, 2.45) is 0 Å². The Morgan fingerprint density at radius 1 is 1.16 bits per heavy atom. The van der Waals surface area contributed by atoms with Crippen molar-refractivity contribution in [2.45, 2.75) is 37.2 Å². The van der Waals surface area contributed by atoms with Crippen molar-refractivity contribution in [3.63, 3.8) is 0 Å². The highest BCUT2D eigenvalue weighted by molar-refractivity contribution is 7.93. The minimum absolute atomic E-state index is 0.0869. The zero-order valence-electron chi connectivity index (χ0n) is 19.3. The van der Waals surface area contributed by atoms with E-state index < -0.39 is 21.8 Å². The maximum absolute atomic E-state index is 13.2. The summed E-state index contributed by atoms with van der Waals surface area (Å²) in [6.45, 7) is 1.84. The van der Waals surface area contributed by atoms with Gasteiger partial charge in [0.15, 0.2) is 0 Å². The van der Waals surface area contributed by atoms with Crippen LogP contribution in [-0.2, 0) is 16.2 Å². The maximum Gasteiger partial charge on any atom is 0.417 e. The molecule has 1 aromatic carbocycles. The van der Waals surface area contributed by atoms with E-state index in [4.69, 9.17) is 0 Å². The van der Waals surface area contributed by atoms with Crippen LogP contribution in [0.5, 0.6) is 0 Å². The number of aromatic amines is 1. The quantitative estimate of drug-likeness (QED) is 0.308. The fourth-order valence-electron chi connectivity index (χ4n) is 3.84. The Kier molecular flexibility index (Phi) is 5.99. The third-order valence-electron chi connectivity index (χ3n) is 6.00. The summed E-state index contributed by atoms with van der Waals surface area (Å²) in [6.07, 6.45) is 0.251. The summed E-state index contributed by atoms with van der Waals surface area (Å²) in [6, 6.07) is 9.48. The van der Waals surface area contributed by atoms with Crippen LogP contribution >= 0.6 is 0 Å². The highest BCUT2D eigenvalue weighted by atomic mass is 32.2. The number of nitrogens with one attached hydrogen (secondary N) is 3. The van der Waals surface area contributed by atoms with Crippen LogP contribution in [0.15, 0.2) is 48.9 Å². The molecule has 1 atom stereocenters. The number of pyridine rings is 1. The second-order valence-corrected chi connectivity index (χ2v) is 10.7. The second kappa shape index (κ2) is 9.04. The number of benzene rings is 1. The standard InChI is InChI=1S/C24H20F3N7O2S/c1-13(14-2-4-17(5-3-14)34-37(35,36)18-6-7-18)32-23-31-10-15(9-28)21(33-23)20-12-30-22-19(20)8-16(11-29-22)24(25,26)27/h2-5,8,10-13,18,34H,6-7H2,1H3,(H,29,30)(H,31,32,33)/t13-/m1/s1. The van der Waals surface area contributed by atoms with Crippen molar-refractivity contribution in [2.75, 3.05) is 10.0 Å². The number of hydrogen-bond acceptors (Lipinski definition) is 7. The fraction of sp³-hybridized carbons (Fsp3) is 0.250. The molecule has 0 amide bonds. The molecule has 0 bridgehead atoms. The second-order valence-electron chi connectivity index (χ2n) is 8.72. The maximum atomic E-state index is 13.2. The number of hydrogen-bond donors (Lipinski definition) is 3. The van der Waals surface area contributed by atoms with Gasteiger partial charge in [-0.2, -0.15) is 18.4 Å². The number of anilines is 2. The molecule has 3 aromatic heterocycles. The van der Waals surface area contributed by atoms with Crippen molar-refractivity contribution in [1.82, 2.24) is 19.9 Å². The molecular weight excluding hydrogens is 507 g/mol. The monoisotopic (exact) mass is 527 g/mol. The van der Waals surface area contributed by atoms with Gasteiger partial charge in [0.25, 0.3) is 0 Å². The van der Waals surface area contributed by atoms with Gasteiger partial charge in [-0.15, -0.1) is 0 Å². The molecule has 1 fully saturated rings. The first-order valence-electron chi connectivity index (χ1n) is 11.2. The van der Waals surface area contributed by atoms with E-state index in [1.807, 2.05) is 13.0 Å². The smallest absolute Gasteiger partial charge is 0.348 e. The molecule has 0 aliphatic heterocycles. The van der Waals surface area contributed by atoms with Crippen molar-refractivity contribution >= 4 is 32.7 Å². The van der Waals surface area contributed by atoms with Gasteiger partial charge >= 0.3 is 6.18 Å². The normalized spacial score (nSPS) is 14.8. The highest BCUT2D eigenvalue weighted by Crippen LogP contribution is 2.35. The number of rotatable bonds is 7. The Morgan fingerprint density at radius 3 is 2.54 bits per heavy atom. The minimum atomic E-state index is -4.57. The van der Waals surface area contributed by atoms with E-state index in [9.17, 15) is 26.9 Å². The largest absolute Gasteiger partial charge is 0.417 e. The van der Waals surface area contributed by atoms with Gasteiger partial charge in [0, 0.05) is 29.0 Å².